The molecule has 0 saturated heterocycles. The number of rotatable bonds is 8. The molecule has 1 N–H and O–H groups in total. The van der Waals surface area contributed by atoms with Crippen molar-refractivity contribution in [3.05, 3.63) is 95.3 Å². The third kappa shape index (κ3) is 5.55. The number of aromatic nitrogens is 3. The van der Waals surface area contributed by atoms with E-state index in [-0.39, 0.29) is 22.4 Å². The molecular weight excluding hydrogens is 482 g/mol. The average molecular weight is 501 g/mol. The number of benzene rings is 3. The van der Waals surface area contributed by atoms with Gasteiger partial charge in [-0.15, -0.1) is 10.2 Å². The van der Waals surface area contributed by atoms with E-state index in [9.17, 15) is 13.6 Å². The van der Waals surface area contributed by atoms with Crippen LogP contribution in [0.25, 0.3) is 5.69 Å². The Morgan fingerprint density at radius 2 is 1.79 bits per heavy atom. The summed E-state index contributed by atoms with van der Waals surface area (Å²) >= 11 is 6.94. The van der Waals surface area contributed by atoms with Gasteiger partial charge in [-0.05, 0) is 49.4 Å². The summed E-state index contributed by atoms with van der Waals surface area (Å²) in [6, 6.07) is 19.4. The number of ether oxygens (including phenoxy) is 1. The van der Waals surface area contributed by atoms with E-state index in [1.54, 1.807) is 23.6 Å². The molecule has 1 unspecified atom stereocenters. The molecule has 10 heteroatoms. The van der Waals surface area contributed by atoms with E-state index in [0.29, 0.717) is 16.7 Å². The van der Waals surface area contributed by atoms with E-state index in [2.05, 4.69) is 15.5 Å². The molecule has 0 aliphatic carbocycles. The number of halogens is 3. The first-order valence-corrected chi connectivity index (χ1v) is 11.6. The highest BCUT2D eigenvalue weighted by atomic mass is 35.5. The van der Waals surface area contributed by atoms with Gasteiger partial charge in [0, 0.05) is 11.4 Å². The van der Waals surface area contributed by atoms with Crippen LogP contribution >= 0.6 is 23.4 Å². The maximum Gasteiger partial charge on any atom is 0.234 e. The molecule has 1 atom stereocenters. The van der Waals surface area contributed by atoms with Gasteiger partial charge in [0.25, 0.3) is 0 Å². The molecule has 34 heavy (non-hydrogen) atoms. The van der Waals surface area contributed by atoms with Crippen LogP contribution in [0.5, 0.6) is 5.75 Å². The standard InChI is InChI=1S/C24H19ClF2N4O2S/c1-15(33-21-10-6-5-9-20(21)27)23-29-30-24(31(23)17-7-3-2-4-8-17)34-14-22(32)28-16-11-12-19(26)18(25)13-16/h2-13,15H,14H2,1H3,(H,28,32). The lowest BCUT2D eigenvalue weighted by Crippen LogP contribution is -2.15. The third-order valence-electron chi connectivity index (χ3n) is 4.71. The number of hydrogen-bond donors (Lipinski definition) is 1. The minimum atomic E-state index is -0.630. The maximum absolute atomic E-state index is 14.1. The lowest BCUT2D eigenvalue weighted by Gasteiger charge is -2.17. The van der Waals surface area contributed by atoms with Crippen molar-refractivity contribution in [3.63, 3.8) is 0 Å². The van der Waals surface area contributed by atoms with Gasteiger partial charge in [0.1, 0.15) is 5.82 Å². The van der Waals surface area contributed by atoms with Crippen molar-refractivity contribution in [1.82, 2.24) is 14.8 Å². The van der Waals surface area contributed by atoms with Crippen molar-refractivity contribution < 1.29 is 18.3 Å². The van der Waals surface area contributed by atoms with Crippen LogP contribution in [0.4, 0.5) is 14.5 Å². The smallest absolute Gasteiger partial charge is 0.234 e. The van der Waals surface area contributed by atoms with Gasteiger partial charge < -0.3 is 10.1 Å². The van der Waals surface area contributed by atoms with Crippen LogP contribution in [0.3, 0.4) is 0 Å². The van der Waals surface area contributed by atoms with E-state index in [0.717, 1.165) is 17.4 Å². The van der Waals surface area contributed by atoms with Crippen molar-refractivity contribution in [1.29, 1.82) is 0 Å². The van der Waals surface area contributed by atoms with Crippen LogP contribution in [0.15, 0.2) is 78.0 Å². The highest BCUT2D eigenvalue weighted by molar-refractivity contribution is 7.99. The number of nitrogens with zero attached hydrogens (tertiary/aromatic N) is 3. The summed E-state index contributed by atoms with van der Waals surface area (Å²) < 4.78 is 35.0. The molecule has 0 fully saturated rings. The first kappa shape index (κ1) is 23.7. The summed E-state index contributed by atoms with van der Waals surface area (Å²) in [4.78, 5) is 12.5. The topological polar surface area (TPSA) is 69.0 Å². The average Bonchev–Trinajstić information content (AvgIpc) is 3.26. The molecule has 0 aliphatic heterocycles. The van der Waals surface area contributed by atoms with Crippen LogP contribution in [0.2, 0.25) is 5.02 Å². The molecule has 4 rings (SSSR count). The van der Waals surface area contributed by atoms with E-state index in [4.69, 9.17) is 16.3 Å². The van der Waals surface area contributed by atoms with Gasteiger partial charge in [-0.3, -0.25) is 9.36 Å². The number of carbonyl (C=O) groups excluding carboxylic acids is 1. The normalized spacial score (nSPS) is 11.8. The van der Waals surface area contributed by atoms with Crippen LogP contribution < -0.4 is 10.1 Å². The molecule has 0 saturated carbocycles. The Morgan fingerprint density at radius 3 is 2.53 bits per heavy atom. The summed E-state index contributed by atoms with van der Waals surface area (Å²) in [7, 11) is 0. The SMILES string of the molecule is CC(Oc1ccccc1F)c1nnc(SCC(=O)Nc2ccc(F)c(Cl)c2)n1-c1ccccc1. The largest absolute Gasteiger partial charge is 0.480 e. The van der Waals surface area contributed by atoms with E-state index < -0.39 is 17.7 Å². The van der Waals surface area contributed by atoms with Crippen molar-refractivity contribution >= 4 is 35.0 Å². The Hall–Kier alpha value is -3.43. The first-order valence-electron chi connectivity index (χ1n) is 10.2. The lowest BCUT2D eigenvalue weighted by molar-refractivity contribution is -0.113. The second kappa shape index (κ2) is 10.7. The number of amides is 1. The van der Waals surface area contributed by atoms with Gasteiger partial charge in [-0.2, -0.15) is 0 Å². The number of hydrogen-bond acceptors (Lipinski definition) is 5. The summed E-state index contributed by atoms with van der Waals surface area (Å²) in [6.45, 7) is 1.75. The number of para-hydroxylation sites is 2. The van der Waals surface area contributed by atoms with Crippen LogP contribution in [-0.4, -0.2) is 26.4 Å². The molecule has 6 nitrogen and oxygen atoms in total. The molecule has 174 valence electrons. The monoisotopic (exact) mass is 500 g/mol. The third-order valence-corrected chi connectivity index (χ3v) is 5.93. The number of thioether (sulfide) groups is 1. The quantitative estimate of drug-likeness (QED) is 0.297. The Bertz CT molecular complexity index is 1300. The number of carbonyl (C=O) groups is 1. The molecule has 1 heterocycles. The highest BCUT2D eigenvalue weighted by Gasteiger charge is 2.22. The molecule has 0 bridgehead atoms. The van der Waals surface area contributed by atoms with Gasteiger partial charge in [0.2, 0.25) is 5.91 Å². The molecule has 1 aromatic heterocycles. The van der Waals surface area contributed by atoms with Crippen molar-refractivity contribution in [2.45, 2.75) is 18.2 Å². The zero-order chi connectivity index (χ0) is 24.1. The van der Waals surface area contributed by atoms with Crippen LogP contribution in [0, 0.1) is 11.6 Å². The van der Waals surface area contributed by atoms with Crippen molar-refractivity contribution in [2.75, 3.05) is 11.1 Å². The number of nitrogens with one attached hydrogen (secondary N) is 1. The van der Waals surface area contributed by atoms with Crippen LogP contribution in [0.1, 0.15) is 18.9 Å². The Balaban J connectivity index is 1.54. The van der Waals surface area contributed by atoms with E-state index >= 15 is 0 Å². The van der Waals surface area contributed by atoms with Gasteiger partial charge in [0.15, 0.2) is 28.7 Å². The van der Waals surface area contributed by atoms with Gasteiger partial charge in [-0.1, -0.05) is 53.7 Å². The fourth-order valence-corrected chi connectivity index (χ4v) is 4.08. The zero-order valence-corrected chi connectivity index (χ0v) is 19.5. The fourth-order valence-electron chi connectivity index (χ4n) is 3.14. The van der Waals surface area contributed by atoms with Crippen LogP contribution in [-0.2, 0) is 4.79 Å². The zero-order valence-electron chi connectivity index (χ0n) is 17.9. The summed E-state index contributed by atoms with van der Waals surface area (Å²) in [5.41, 5.74) is 1.15. The minimum absolute atomic E-state index is 0.0164. The minimum Gasteiger partial charge on any atom is -0.480 e. The molecular formula is C24H19ClF2N4O2S. The number of anilines is 1. The van der Waals surface area contributed by atoms with Gasteiger partial charge >= 0.3 is 0 Å². The fraction of sp³-hybridized carbons (Fsp3) is 0.125. The highest BCUT2D eigenvalue weighted by Crippen LogP contribution is 2.29. The molecule has 0 spiro atoms. The van der Waals surface area contributed by atoms with E-state index in [1.807, 2.05) is 30.3 Å². The second-order valence-corrected chi connectivity index (χ2v) is 8.52. The predicted molar refractivity (Wildman–Crippen MR) is 128 cm³/mol. The van der Waals surface area contributed by atoms with Gasteiger partial charge in [-0.25, -0.2) is 8.78 Å². The van der Waals surface area contributed by atoms with E-state index in [1.165, 1.54) is 30.3 Å². The molecule has 0 aliphatic rings. The Kier molecular flexibility index (Phi) is 7.44. The Morgan fingerprint density at radius 1 is 1.06 bits per heavy atom. The Labute approximate surface area is 203 Å². The van der Waals surface area contributed by atoms with Gasteiger partial charge in [0.05, 0.1) is 10.8 Å². The lowest BCUT2D eigenvalue weighted by atomic mass is 10.3. The summed E-state index contributed by atoms with van der Waals surface area (Å²) in [5, 5.41) is 11.5. The molecule has 0 radical (unpaired) electrons. The first-order chi connectivity index (χ1) is 16.4. The van der Waals surface area contributed by atoms with Crippen molar-refractivity contribution in [2.24, 2.45) is 0 Å². The summed E-state index contributed by atoms with van der Waals surface area (Å²) in [5.74, 6) is -0.807. The maximum atomic E-state index is 14.1. The molecule has 3 aromatic carbocycles. The van der Waals surface area contributed by atoms with Crippen molar-refractivity contribution in [3.8, 4) is 11.4 Å². The second-order valence-electron chi connectivity index (χ2n) is 7.17. The predicted octanol–water partition coefficient (Wildman–Crippen LogP) is 6.07. The molecule has 4 aromatic rings. The summed E-state index contributed by atoms with van der Waals surface area (Å²) in [6.07, 6.45) is -0.630. The molecule has 1 amide bonds.